The summed E-state index contributed by atoms with van der Waals surface area (Å²) in [5, 5.41) is 4.87. The van der Waals surface area contributed by atoms with E-state index in [1.54, 1.807) is 0 Å². The second kappa shape index (κ2) is 7.19. The van der Waals surface area contributed by atoms with Gasteiger partial charge >= 0.3 is 0 Å². The Morgan fingerprint density at radius 2 is 1.95 bits per heavy atom. The molecule has 1 unspecified atom stereocenters. The highest BCUT2D eigenvalue weighted by Crippen LogP contribution is 2.30. The number of aryl methyl sites for hydroxylation is 4. The molecule has 1 aromatic heterocycles. The lowest BCUT2D eigenvalue weighted by Gasteiger charge is -2.19. The van der Waals surface area contributed by atoms with Crippen LogP contribution in [-0.4, -0.2) is 11.5 Å². The Bertz CT molecular complexity index is 601. The van der Waals surface area contributed by atoms with Crippen molar-refractivity contribution in [1.82, 2.24) is 10.3 Å². The van der Waals surface area contributed by atoms with Gasteiger partial charge in [0, 0.05) is 4.88 Å². The van der Waals surface area contributed by atoms with Gasteiger partial charge in [-0.2, -0.15) is 0 Å². The molecule has 1 heterocycles. The first-order valence-electron chi connectivity index (χ1n) is 7.83. The van der Waals surface area contributed by atoms with Crippen LogP contribution in [0.3, 0.4) is 0 Å². The summed E-state index contributed by atoms with van der Waals surface area (Å²) < 4.78 is 0. The summed E-state index contributed by atoms with van der Waals surface area (Å²) in [6.45, 7) is 11.9. The van der Waals surface area contributed by atoms with Gasteiger partial charge in [-0.3, -0.25) is 0 Å². The molecule has 3 heteroatoms. The Balaban J connectivity index is 2.41. The van der Waals surface area contributed by atoms with E-state index in [0.717, 1.165) is 19.4 Å². The third-order valence-corrected chi connectivity index (χ3v) is 4.90. The standard InChI is InChI=1S/C18H26N2S/c1-6-10-19-17(15-9-8-12(3)11-13(15)4)18-20-16(7-2)14(5)21-18/h8-9,11,17,19H,6-7,10H2,1-5H3. The number of nitrogens with zero attached hydrogens (tertiary/aromatic N) is 1. The molecule has 0 spiro atoms. The van der Waals surface area contributed by atoms with Crippen molar-refractivity contribution in [3.05, 3.63) is 50.5 Å². The maximum atomic E-state index is 4.88. The lowest BCUT2D eigenvalue weighted by Crippen LogP contribution is -2.24. The molecule has 0 amide bonds. The summed E-state index contributed by atoms with van der Waals surface area (Å²) in [4.78, 5) is 6.23. The molecule has 2 aromatic rings. The van der Waals surface area contributed by atoms with Crippen LogP contribution in [0.4, 0.5) is 0 Å². The highest BCUT2D eigenvalue weighted by molar-refractivity contribution is 7.11. The molecule has 21 heavy (non-hydrogen) atoms. The van der Waals surface area contributed by atoms with Crippen LogP contribution < -0.4 is 5.32 Å². The molecule has 0 saturated carbocycles. The van der Waals surface area contributed by atoms with Crippen LogP contribution in [0.15, 0.2) is 18.2 Å². The molecule has 0 fully saturated rings. The summed E-state index contributed by atoms with van der Waals surface area (Å²) in [6, 6.07) is 6.93. The van der Waals surface area contributed by atoms with E-state index in [1.807, 2.05) is 11.3 Å². The SMILES string of the molecule is CCCNC(c1nc(CC)c(C)s1)c1ccc(C)cc1C. The lowest BCUT2D eigenvalue weighted by atomic mass is 9.99. The number of hydrogen-bond donors (Lipinski definition) is 1. The smallest absolute Gasteiger partial charge is 0.115 e. The third kappa shape index (κ3) is 3.72. The van der Waals surface area contributed by atoms with Gasteiger partial charge in [-0.1, -0.05) is 37.6 Å². The minimum Gasteiger partial charge on any atom is -0.304 e. The molecule has 1 atom stereocenters. The van der Waals surface area contributed by atoms with E-state index in [4.69, 9.17) is 4.98 Å². The van der Waals surface area contributed by atoms with Crippen molar-refractivity contribution >= 4 is 11.3 Å². The summed E-state index contributed by atoms with van der Waals surface area (Å²) in [5.41, 5.74) is 5.25. The zero-order valence-electron chi connectivity index (χ0n) is 13.8. The molecule has 0 radical (unpaired) electrons. The molecule has 2 rings (SSSR count). The van der Waals surface area contributed by atoms with E-state index in [0.29, 0.717) is 0 Å². The second-order valence-electron chi connectivity index (χ2n) is 5.66. The van der Waals surface area contributed by atoms with Gasteiger partial charge < -0.3 is 5.32 Å². The van der Waals surface area contributed by atoms with Crippen molar-refractivity contribution in [3.8, 4) is 0 Å². The van der Waals surface area contributed by atoms with E-state index in [1.165, 1.54) is 32.3 Å². The molecule has 114 valence electrons. The third-order valence-electron chi connectivity index (χ3n) is 3.83. The zero-order valence-corrected chi connectivity index (χ0v) is 14.6. The number of thiazole rings is 1. The first-order valence-corrected chi connectivity index (χ1v) is 8.65. The highest BCUT2D eigenvalue weighted by atomic mass is 32.1. The van der Waals surface area contributed by atoms with Crippen LogP contribution in [0.2, 0.25) is 0 Å². The van der Waals surface area contributed by atoms with Gasteiger partial charge in [-0.15, -0.1) is 11.3 Å². The van der Waals surface area contributed by atoms with Crippen molar-refractivity contribution in [2.75, 3.05) is 6.54 Å². The Hall–Kier alpha value is -1.19. The van der Waals surface area contributed by atoms with E-state index in [9.17, 15) is 0 Å². The van der Waals surface area contributed by atoms with Crippen molar-refractivity contribution in [3.63, 3.8) is 0 Å². The fourth-order valence-electron chi connectivity index (χ4n) is 2.67. The molecular formula is C18H26N2S. The fourth-order valence-corrected chi connectivity index (χ4v) is 3.78. The highest BCUT2D eigenvalue weighted by Gasteiger charge is 2.20. The Labute approximate surface area is 132 Å². The molecule has 0 aliphatic rings. The molecule has 0 bridgehead atoms. The Kier molecular flexibility index (Phi) is 5.54. The largest absolute Gasteiger partial charge is 0.304 e. The van der Waals surface area contributed by atoms with Gasteiger partial charge in [-0.05, 0) is 51.3 Å². The average molecular weight is 302 g/mol. The maximum Gasteiger partial charge on any atom is 0.115 e. The monoisotopic (exact) mass is 302 g/mol. The Morgan fingerprint density at radius 3 is 2.52 bits per heavy atom. The van der Waals surface area contributed by atoms with Gasteiger partial charge in [0.15, 0.2) is 0 Å². The van der Waals surface area contributed by atoms with E-state index >= 15 is 0 Å². The van der Waals surface area contributed by atoms with E-state index in [2.05, 4.69) is 58.1 Å². The normalized spacial score (nSPS) is 12.6. The summed E-state index contributed by atoms with van der Waals surface area (Å²) >= 11 is 1.83. The molecule has 0 aliphatic carbocycles. The van der Waals surface area contributed by atoms with Gasteiger partial charge in [-0.25, -0.2) is 4.98 Å². The number of nitrogens with one attached hydrogen (secondary N) is 1. The number of rotatable bonds is 6. The lowest BCUT2D eigenvalue weighted by molar-refractivity contribution is 0.592. The molecule has 1 aromatic carbocycles. The van der Waals surface area contributed by atoms with Crippen LogP contribution >= 0.6 is 11.3 Å². The number of hydrogen-bond acceptors (Lipinski definition) is 3. The van der Waals surface area contributed by atoms with Crippen molar-refractivity contribution in [2.24, 2.45) is 0 Å². The second-order valence-corrected chi connectivity index (χ2v) is 6.89. The number of benzene rings is 1. The quantitative estimate of drug-likeness (QED) is 0.835. The first-order chi connectivity index (χ1) is 10.1. The topological polar surface area (TPSA) is 24.9 Å². The van der Waals surface area contributed by atoms with Gasteiger partial charge in [0.25, 0.3) is 0 Å². The van der Waals surface area contributed by atoms with E-state index < -0.39 is 0 Å². The maximum absolute atomic E-state index is 4.88. The van der Waals surface area contributed by atoms with Gasteiger partial charge in [0.1, 0.15) is 5.01 Å². The van der Waals surface area contributed by atoms with Crippen LogP contribution in [-0.2, 0) is 6.42 Å². The first kappa shape index (κ1) is 16.2. The van der Waals surface area contributed by atoms with Crippen molar-refractivity contribution in [1.29, 1.82) is 0 Å². The van der Waals surface area contributed by atoms with Crippen LogP contribution in [0, 0.1) is 20.8 Å². The predicted molar refractivity (Wildman–Crippen MR) is 92.3 cm³/mol. The predicted octanol–water partition coefficient (Wildman–Crippen LogP) is 4.72. The average Bonchev–Trinajstić information content (AvgIpc) is 2.82. The Morgan fingerprint density at radius 1 is 1.19 bits per heavy atom. The van der Waals surface area contributed by atoms with Crippen LogP contribution in [0.25, 0.3) is 0 Å². The fraction of sp³-hybridized carbons (Fsp3) is 0.500. The van der Waals surface area contributed by atoms with Crippen molar-refractivity contribution < 1.29 is 0 Å². The molecule has 0 aliphatic heterocycles. The van der Waals surface area contributed by atoms with Crippen molar-refractivity contribution in [2.45, 2.75) is 53.5 Å². The summed E-state index contributed by atoms with van der Waals surface area (Å²) in [6.07, 6.45) is 2.14. The van der Waals surface area contributed by atoms with E-state index in [-0.39, 0.29) is 6.04 Å². The summed E-state index contributed by atoms with van der Waals surface area (Å²) in [5.74, 6) is 0. The van der Waals surface area contributed by atoms with Crippen LogP contribution in [0.1, 0.15) is 58.6 Å². The number of aromatic nitrogens is 1. The molecule has 2 nitrogen and oxygen atoms in total. The molecule has 1 N–H and O–H groups in total. The van der Waals surface area contributed by atoms with Gasteiger partial charge in [0.05, 0.1) is 11.7 Å². The molecule has 0 saturated heterocycles. The van der Waals surface area contributed by atoms with Crippen LogP contribution in [0.5, 0.6) is 0 Å². The minimum atomic E-state index is 0.217. The summed E-state index contributed by atoms with van der Waals surface area (Å²) in [7, 11) is 0. The molecular weight excluding hydrogens is 276 g/mol. The zero-order chi connectivity index (χ0) is 15.4. The van der Waals surface area contributed by atoms with Gasteiger partial charge in [0.2, 0.25) is 0 Å². The minimum absolute atomic E-state index is 0.217.